The number of rotatable bonds is 4. The molecule has 0 amide bonds. The van der Waals surface area contributed by atoms with E-state index in [1.54, 1.807) is 17.2 Å². The van der Waals surface area contributed by atoms with Gasteiger partial charge in [0, 0.05) is 4.92 Å². The van der Waals surface area contributed by atoms with Crippen LogP contribution in [0.3, 0.4) is 0 Å². The first-order valence-corrected chi connectivity index (χ1v) is 7.98. The lowest BCUT2D eigenvalue weighted by Gasteiger charge is -2.22. The van der Waals surface area contributed by atoms with Crippen LogP contribution in [-0.2, 0) is 4.84 Å². The third kappa shape index (κ3) is 2.77. The summed E-state index contributed by atoms with van der Waals surface area (Å²) in [6.07, 6.45) is 0.817. The molecule has 4 rings (SSSR count). The van der Waals surface area contributed by atoms with Crippen molar-refractivity contribution in [3.05, 3.63) is 100 Å². The Morgan fingerprint density at radius 3 is 2.20 bits per heavy atom. The number of hydrogen-bond acceptors (Lipinski definition) is 5. The molecule has 1 aliphatic heterocycles. The Kier molecular flexibility index (Phi) is 3.95. The molecule has 0 bridgehead atoms. The van der Waals surface area contributed by atoms with Crippen molar-refractivity contribution >= 4 is 5.69 Å². The molecule has 0 radical (unpaired) electrons. The second-order valence-electron chi connectivity index (χ2n) is 5.83. The molecule has 126 valence electrons. The number of benzene rings is 2. The molecule has 3 aromatic rings. The summed E-state index contributed by atoms with van der Waals surface area (Å²) in [6, 6.07) is 20.4. The van der Waals surface area contributed by atoms with Gasteiger partial charge in [-0.15, -0.1) is 0 Å². The molecule has 6 heteroatoms. The predicted molar refractivity (Wildman–Crippen MR) is 91.4 cm³/mol. The lowest BCUT2D eigenvalue weighted by molar-refractivity contribution is -0.531. The lowest BCUT2D eigenvalue weighted by Crippen LogP contribution is -2.32. The van der Waals surface area contributed by atoms with Gasteiger partial charge < -0.3 is 4.42 Å². The quantitative estimate of drug-likeness (QED) is 0.528. The minimum Gasteiger partial charge on any atom is -0.467 e. The van der Waals surface area contributed by atoms with Crippen LogP contribution in [0.1, 0.15) is 23.5 Å². The zero-order chi connectivity index (χ0) is 17.2. The average Bonchev–Trinajstić information content (AvgIpc) is 3.30. The van der Waals surface area contributed by atoms with E-state index in [2.05, 4.69) is 0 Å². The van der Waals surface area contributed by atoms with E-state index >= 15 is 0 Å². The van der Waals surface area contributed by atoms with Gasteiger partial charge in [0.05, 0.1) is 12.0 Å². The molecule has 3 atom stereocenters. The number of nitro groups is 1. The maximum absolute atomic E-state index is 11.9. The summed E-state index contributed by atoms with van der Waals surface area (Å²) in [5, 5.41) is 13.5. The molecule has 25 heavy (non-hydrogen) atoms. The molecule has 0 aliphatic carbocycles. The van der Waals surface area contributed by atoms with Crippen LogP contribution in [0.2, 0.25) is 0 Å². The molecule has 0 spiro atoms. The monoisotopic (exact) mass is 336 g/mol. The van der Waals surface area contributed by atoms with Crippen molar-refractivity contribution in [1.29, 1.82) is 0 Å². The SMILES string of the molecule is O=[N+]([O-])[C@@H]1[C@@H](c2ccccc2)ON(c2ccccc2)[C@H]1c1ccco1. The van der Waals surface area contributed by atoms with Gasteiger partial charge in [0.25, 0.3) is 6.04 Å². The normalized spacial score (nSPS) is 22.9. The molecule has 6 nitrogen and oxygen atoms in total. The van der Waals surface area contributed by atoms with Crippen molar-refractivity contribution in [2.45, 2.75) is 18.2 Å². The minimum absolute atomic E-state index is 0.284. The first kappa shape index (κ1) is 15.4. The van der Waals surface area contributed by atoms with E-state index in [0.29, 0.717) is 5.76 Å². The molecule has 0 unspecified atom stereocenters. The lowest BCUT2D eigenvalue weighted by atomic mass is 9.96. The molecular weight excluding hydrogens is 320 g/mol. The molecule has 2 aromatic carbocycles. The summed E-state index contributed by atoms with van der Waals surface area (Å²) in [4.78, 5) is 17.7. The molecule has 2 heterocycles. The van der Waals surface area contributed by atoms with E-state index in [4.69, 9.17) is 9.25 Å². The summed E-state index contributed by atoms with van der Waals surface area (Å²) in [5.41, 5.74) is 1.51. The Morgan fingerprint density at radius 2 is 1.60 bits per heavy atom. The number of nitrogens with zero attached hydrogens (tertiary/aromatic N) is 2. The first-order valence-electron chi connectivity index (χ1n) is 7.98. The highest BCUT2D eigenvalue weighted by Crippen LogP contribution is 2.45. The van der Waals surface area contributed by atoms with E-state index in [1.165, 1.54) is 6.26 Å². The molecule has 1 saturated heterocycles. The van der Waals surface area contributed by atoms with Crippen LogP contribution < -0.4 is 5.06 Å². The second-order valence-corrected chi connectivity index (χ2v) is 5.83. The Morgan fingerprint density at radius 1 is 0.920 bits per heavy atom. The van der Waals surface area contributed by atoms with Crippen molar-refractivity contribution < 1.29 is 14.2 Å². The van der Waals surface area contributed by atoms with E-state index in [-0.39, 0.29) is 4.92 Å². The smallest absolute Gasteiger partial charge is 0.275 e. The molecule has 0 N–H and O–H groups in total. The summed E-state index contributed by atoms with van der Waals surface area (Å²) in [5.74, 6) is 0.504. The second kappa shape index (κ2) is 6.41. The molecule has 1 aliphatic rings. The molecule has 1 fully saturated rings. The van der Waals surface area contributed by atoms with E-state index in [1.807, 2.05) is 60.7 Å². The van der Waals surface area contributed by atoms with Crippen LogP contribution >= 0.6 is 0 Å². The molecular formula is C19H16N2O4. The van der Waals surface area contributed by atoms with Gasteiger partial charge in [-0.2, -0.15) is 0 Å². The van der Waals surface area contributed by atoms with Gasteiger partial charge in [-0.3, -0.25) is 15.0 Å². The largest absolute Gasteiger partial charge is 0.467 e. The van der Waals surface area contributed by atoms with Crippen LogP contribution in [0.25, 0.3) is 0 Å². The fraction of sp³-hybridized carbons (Fsp3) is 0.158. The van der Waals surface area contributed by atoms with E-state index in [9.17, 15) is 10.1 Å². The van der Waals surface area contributed by atoms with Crippen molar-refractivity contribution in [2.24, 2.45) is 0 Å². The van der Waals surface area contributed by atoms with Crippen LogP contribution in [0, 0.1) is 10.1 Å². The van der Waals surface area contributed by atoms with Gasteiger partial charge in [-0.1, -0.05) is 48.5 Å². The highest BCUT2D eigenvalue weighted by Gasteiger charge is 2.54. The zero-order valence-corrected chi connectivity index (χ0v) is 13.3. The third-order valence-corrected chi connectivity index (χ3v) is 4.33. The van der Waals surface area contributed by atoms with E-state index < -0.39 is 18.2 Å². The number of para-hydroxylation sites is 1. The Labute approximate surface area is 144 Å². The van der Waals surface area contributed by atoms with Crippen LogP contribution in [0.4, 0.5) is 5.69 Å². The predicted octanol–water partition coefficient (Wildman–Crippen LogP) is 4.16. The molecule has 1 aromatic heterocycles. The highest BCUT2D eigenvalue weighted by molar-refractivity contribution is 5.47. The maximum Gasteiger partial charge on any atom is 0.275 e. The minimum atomic E-state index is -0.992. The standard InChI is InChI=1S/C19H16N2O4/c22-21(23)18-17(16-12-7-13-24-16)20(15-10-5-2-6-11-15)25-19(18)14-8-3-1-4-9-14/h1-13,17-19H/t17-,18-,19+/m0/s1. The number of anilines is 1. The van der Waals surface area contributed by atoms with Gasteiger partial charge in [0.2, 0.25) is 0 Å². The highest BCUT2D eigenvalue weighted by atomic mass is 16.7. The van der Waals surface area contributed by atoms with Crippen LogP contribution in [-0.4, -0.2) is 11.0 Å². The summed E-state index contributed by atoms with van der Waals surface area (Å²) in [7, 11) is 0. The van der Waals surface area contributed by atoms with Crippen LogP contribution in [0.15, 0.2) is 83.5 Å². The van der Waals surface area contributed by atoms with Gasteiger partial charge in [-0.05, 0) is 29.8 Å². The zero-order valence-electron chi connectivity index (χ0n) is 13.3. The van der Waals surface area contributed by atoms with Crippen LogP contribution in [0.5, 0.6) is 0 Å². The Bertz CT molecular complexity index is 836. The van der Waals surface area contributed by atoms with Crippen molar-refractivity contribution in [3.8, 4) is 0 Å². The fourth-order valence-electron chi connectivity index (χ4n) is 3.22. The van der Waals surface area contributed by atoms with Crippen molar-refractivity contribution in [1.82, 2.24) is 0 Å². The number of furan rings is 1. The fourth-order valence-corrected chi connectivity index (χ4v) is 3.22. The van der Waals surface area contributed by atoms with Crippen molar-refractivity contribution in [2.75, 3.05) is 5.06 Å². The summed E-state index contributed by atoms with van der Waals surface area (Å²) < 4.78 is 5.51. The summed E-state index contributed by atoms with van der Waals surface area (Å²) in [6.45, 7) is 0. The topological polar surface area (TPSA) is 68.8 Å². The van der Waals surface area contributed by atoms with Gasteiger partial charge in [0.1, 0.15) is 5.76 Å². The first-order chi connectivity index (χ1) is 12.3. The summed E-state index contributed by atoms with van der Waals surface area (Å²) >= 11 is 0. The van der Waals surface area contributed by atoms with Gasteiger partial charge in [0.15, 0.2) is 12.1 Å². The average molecular weight is 336 g/mol. The van der Waals surface area contributed by atoms with E-state index in [0.717, 1.165) is 11.3 Å². The van der Waals surface area contributed by atoms with Gasteiger partial charge in [-0.25, -0.2) is 5.06 Å². The van der Waals surface area contributed by atoms with Gasteiger partial charge >= 0.3 is 0 Å². The number of hydrogen-bond donors (Lipinski definition) is 0. The number of hydroxylamine groups is 1. The maximum atomic E-state index is 11.9. The Balaban J connectivity index is 1.82. The third-order valence-electron chi connectivity index (χ3n) is 4.33. The Hall–Kier alpha value is -3.12. The molecule has 0 saturated carbocycles. The van der Waals surface area contributed by atoms with Crippen molar-refractivity contribution in [3.63, 3.8) is 0 Å².